The van der Waals surface area contributed by atoms with Crippen LogP contribution in [0.3, 0.4) is 0 Å². The summed E-state index contributed by atoms with van der Waals surface area (Å²) in [6.45, 7) is 0. The van der Waals surface area contributed by atoms with E-state index in [1.165, 1.54) is 15.5 Å². The first kappa shape index (κ1) is 30.6. The van der Waals surface area contributed by atoms with Crippen LogP contribution in [0.4, 0.5) is 0 Å². The van der Waals surface area contributed by atoms with Gasteiger partial charge < -0.3 is 4.42 Å². The summed E-state index contributed by atoms with van der Waals surface area (Å²) in [5, 5.41) is 6.90. The van der Waals surface area contributed by atoms with Crippen molar-refractivity contribution in [2.75, 3.05) is 0 Å². The minimum Gasteiger partial charge on any atom is -0.435 e. The van der Waals surface area contributed by atoms with Crippen LogP contribution >= 0.6 is 11.3 Å². The van der Waals surface area contributed by atoms with Crippen LogP contribution in [0.1, 0.15) is 0 Å². The van der Waals surface area contributed by atoms with Crippen molar-refractivity contribution in [1.82, 2.24) is 19.9 Å². The lowest BCUT2D eigenvalue weighted by atomic mass is 9.95. The minimum absolute atomic E-state index is 0.628. The quantitative estimate of drug-likeness (QED) is 0.167. The van der Waals surface area contributed by atoms with Crippen LogP contribution in [0.25, 0.3) is 110 Å². The fourth-order valence-electron chi connectivity index (χ4n) is 7.56. The lowest BCUT2D eigenvalue weighted by molar-refractivity contribution is 0.623. The highest BCUT2D eigenvalue weighted by molar-refractivity contribution is 7.27. The van der Waals surface area contributed by atoms with Crippen LogP contribution in [-0.2, 0) is 0 Å². The molecular weight excluding hydrogens is 681 g/mol. The average Bonchev–Trinajstić information content (AvgIpc) is 3.87. The first-order valence-corrected chi connectivity index (χ1v) is 18.7. The Balaban J connectivity index is 1.16. The highest BCUT2D eigenvalue weighted by Gasteiger charge is 2.20. The largest absolute Gasteiger partial charge is 0.435 e. The second-order valence-corrected chi connectivity index (χ2v) is 14.4. The predicted molar refractivity (Wildman–Crippen MR) is 222 cm³/mol. The van der Waals surface area contributed by atoms with Crippen LogP contribution in [0, 0.1) is 0 Å². The number of hydrogen-bond donors (Lipinski definition) is 0. The molecule has 0 N–H and O–H groups in total. The van der Waals surface area contributed by atoms with Gasteiger partial charge in [0.05, 0.1) is 4.70 Å². The molecule has 0 bridgehead atoms. The molecule has 0 aliphatic carbocycles. The zero-order valence-corrected chi connectivity index (χ0v) is 29.6. The maximum Gasteiger partial charge on any atom is 0.227 e. The van der Waals surface area contributed by atoms with Crippen molar-refractivity contribution in [3.8, 4) is 56.7 Å². The molecule has 0 aliphatic heterocycles. The number of hydrogen-bond acceptors (Lipinski definition) is 6. The van der Waals surface area contributed by atoms with Crippen molar-refractivity contribution >= 4 is 64.2 Å². The molecule has 0 saturated carbocycles. The molecule has 0 amide bonds. The number of benzene rings is 8. The number of oxazole rings is 1. The fourth-order valence-corrected chi connectivity index (χ4v) is 8.86. The topological polar surface area (TPSA) is 64.7 Å². The molecule has 54 heavy (non-hydrogen) atoms. The van der Waals surface area contributed by atoms with E-state index in [0.717, 1.165) is 70.7 Å². The molecule has 11 aromatic rings. The van der Waals surface area contributed by atoms with E-state index in [0.29, 0.717) is 23.4 Å². The van der Waals surface area contributed by atoms with E-state index in [1.807, 2.05) is 54.6 Å². The van der Waals surface area contributed by atoms with Crippen molar-refractivity contribution in [2.24, 2.45) is 0 Å². The number of fused-ring (bicyclic) bond motifs is 9. The minimum atomic E-state index is 0.628. The molecule has 6 heteroatoms. The van der Waals surface area contributed by atoms with Gasteiger partial charge in [-0.15, -0.1) is 11.3 Å². The van der Waals surface area contributed by atoms with E-state index in [-0.39, 0.29) is 0 Å². The third-order valence-electron chi connectivity index (χ3n) is 10.2. The highest BCUT2D eigenvalue weighted by atomic mass is 32.1. The Kier molecular flexibility index (Phi) is 6.97. The summed E-state index contributed by atoms with van der Waals surface area (Å²) >= 11 is 1.75. The summed E-state index contributed by atoms with van der Waals surface area (Å²) < 4.78 is 8.77. The summed E-state index contributed by atoms with van der Waals surface area (Å²) in [6.07, 6.45) is 0. The van der Waals surface area contributed by atoms with Gasteiger partial charge in [0.15, 0.2) is 23.1 Å². The Labute approximate surface area is 313 Å². The molecule has 11 rings (SSSR count). The van der Waals surface area contributed by atoms with E-state index < -0.39 is 0 Å². The summed E-state index contributed by atoms with van der Waals surface area (Å²) in [5.41, 5.74) is 7.70. The molecule has 252 valence electrons. The summed E-state index contributed by atoms with van der Waals surface area (Å²) in [5.74, 6) is 2.52. The van der Waals surface area contributed by atoms with E-state index in [2.05, 4.69) is 115 Å². The zero-order chi connectivity index (χ0) is 35.6. The third-order valence-corrected chi connectivity index (χ3v) is 11.4. The predicted octanol–water partition coefficient (Wildman–Crippen LogP) is 13.0. The second kappa shape index (κ2) is 12.3. The normalized spacial score (nSPS) is 11.7. The molecule has 0 unspecified atom stereocenters. The average molecular weight is 709 g/mol. The Morgan fingerprint density at radius 3 is 1.69 bits per heavy atom. The van der Waals surface area contributed by atoms with Gasteiger partial charge in [0.1, 0.15) is 5.52 Å². The number of aromatic nitrogens is 4. The van der Waals surface area contributed by atoms with E-state index >= 15 is 0 Å². The van der Waals surface area contributed by atoms with Crippen molar-refractivity contribution in [3.05, 3.63) is 170 Å². The van der Waals surface area contributed by atoms with E-state index in [9.17, 15) is 0 Å². The maximum absolute atomic E-state index is 6.49. The number of thiophene rings is 1. The van der Waals surface area contributed by atoms with Gasteiger partial charge in [0.25, 0.3) is 0 Å². The Morgan fingerprint density at radius 2 is 0.907 bits per heavy atom. The summed E-state index contributed by atoms with van der Waals surface area (Å²) in [4.78, 5) is 20.4. The number of rotatable bonds is 5. The molecule has 0 atom stereocenters. The van der Waals surface area contributed by atoms with Gasteiger partial charge in [-0.2, -0.15) is 0 Å². The standard InChI is InChI=1S/C48H28N4OS/c1-4-13-29(14-5-1)32-19-12-20-33(27-32)46-50-45(30-15-6-2-7-16-30)51-47(52-46)40-28-39-36(34-21-10-11-22-35(34)40)23-24-37-38-25-26-41-42(44(38)54-43(37)39)53-48(49-41)31-17-8-3-9-18-31/h1-28H. The summed E-state index contributed by atoms with van der Waals surface area (Å²) in [7, 11) is 0. The lowest BCUT2D eigenvalue weighted by Gasteiger charge is -2.13. The molecule has 0 spiro atoms. The Hall–Kier alpha value is -7.02. The molecule has 3 heterocycles. The third kappa shape index (κ3) is 4.99. The van der Waals surface area contributed by atoms with Crippen molar-refractivity contribution in [3.63, 3.8) is 0 Å². The Morgan fingerprint density at radius 1 is 0.352 bits per heavy atom. The Bertz CT molecular complexity index is 3210. The van der Waals surface area contributed by atoms with Gasteiger partial charge in [0.2, 0.25) is 5.89 Å². The van der Waals surface area contributed by atoms with E-state index in [4.69, 9.17) is 24.4 Å². The SMILES string of the molecule is c1ccc(-c2cccc(-c3nc(-c4ccccc4)nc(-c4cc5c(ccc6c7ccc8nc(-c9ccccc9)oc8c7sc56)c5ccccc45)n3)c2)cc1. The van der Waals surface area contributed by atoms with Crippen LogP contribution < -0.4 is 0 Å². The zero-order valence-electron chi connectivity index (χ0n) is 28.8. The monoisotopic (exact) mass is 708 g/mol. The second-order valence-electron chi connectivity index (χ2n) is 13.4. The molecule has 3 aromatic heterocycles. The van der Waals surface area contributed by atoms with Gasteiger partial charge in [-0.1, -0.05) is 140 Å². The first-order chi connectivity index (χ1) is 26.7. The maximum atomic E-state index is 6.49. The van der Waals surface area contributed by atoms with Gasteiger partial charge in [0, 0.05) is 43.1 Å². The molecular formula is C48H28N4OS. The van der Waals surface area contributed by atoms with Gasteiger partial charge in [-0.05, 0) is 57.6 Å². The smallest absolute Gasteiger partial charge is 0.227 e. The molecule has 0 fully saturated rings. The molecule has 0 aliphatic rings. The van der Waals surface area contributed by atoms with Gasteiger partial charge in [-0.25, -0.2) is 19.9 Å². The van der Waals surface area contributed by atoms with Crippen molar-refractivity contribution in [2.45, 2.75) is 0 Å². The van der Waals surface area contributed by atoms with Crippen molar-refractivity contribution < 1.29 is 4.42 Å². The molecule has 5 nitrogen and oxygen atoms in total. The molecule has 8 aromatic carbocycles. The molecule has 0 radical (unpaired) electrons. The van der Waals surface area contributed by atoms with Gasteiger partial charge >= 0.3 is 0 Å². The van der Waals surface area contributed by atoms with Crippen LogP contribution in [0.15, 0.2) is 174 Å². The highest BCUT2D eigenvalue weighted by Crippen LogP contribution is 2.45. The fraction of sp³-hybridized carbons (Fsp3) is 0. The van der Waals surface area contributed by atoms with E-state index in [1.54, 1.807) is 11.3 Å². The van der Waals surface area contributed by atoms with Crippen molar-refractivity contribution in [1.29, 1.82) is 0 Å². The van der Waals surface area contributed by atoms with Crippen LogP contribution in [0.5, 0.6) is 0 Å². The first-order valence-electron chi connectivity index (χ1n) is 17.9. The molecule has 0 saturated heterocycles. The van der Waals surface area contributed by atoms with Crippen LogP contribution in [-0.4, -0.2) is 19.9 Å². The summed E-state index contributed by atoms with van der Waals surface area (Å²) in [6, 6.07) is 58.7. The van der Waals surface area contributed by atoms with Gasteiger partial charge in [-0.3, -0.25) is 0 Å². The number of nitrogens with zero attached hydrogens (tertiary/aromatic N) is 4. The lowest BCUT2D eigenvalue weighted by Crippen LogP contribution is -2.01. The van der Waals surface area contributed by atoms with Crippen LogP contribution in [0.2, 0.25) is 0 Å².